The van der Waals surface area contributed by atoms with Crippen LogP contribution in [0.5, 0.6) is 0 Å². The molecule has 3 N–H and O–H groups in total. The number of alkyl halides is 3. The fourth-order valence-corrected chi connectivity index (χ4v) is 4.14. The second-order valence-corrected chi connectivity index (χ2v) is 8.19. The number of rotatable bonds is 4. The smallest absolute Gasteiger partial charge is 0.383 e. The van der Waals surface area contributed by atoms with Gasteiger partial charge in [-0.15, -0.1) is 0 Å². The number of pyridine rings is 1. The Hall–Kier alpha value is -2.98. The van der Waals surface area contributed by atoms with Crippen LogP contribution in [0.4, 0.5) is 13.2 Å². The quantitative estimate of drug-likeness (QED) is 0.549. The van der Waals surface area contributed by atoms with Crippen molar-refractivity contribution in [1.29, 1.82) is 0 Å². The van der Waals surface area contributed by atoms with Crippen LogP contribution in [0.3, 0.4) is 0 Å². The van der Waals surface area contributed by atoms with Crippen LogP contribution in [-0.4, -0.2) is 51.7 Å². The van der Waals surface area contributed by atoms with E-state index >= 15 is 0 Å². The lowest BCUT2D eigenvalue weighted by Gasteiger charge is -2.38. The SMILES string of the molecule is NC(=NC(=O)C(F)(F)F)c1cnc2c(c1)C(=O)N(C1CCCC[C@@H]1NC(=O)C1CC1)C2. The number of amides is 3. The zero-order chi connectivity index (χ0) is 22.3. The fraction of sp³-hybridized carbons (Fsp3) is 0.550. The average molecular weight is 437 g/mol. The highest BCUT2D eigenvalue weighted by atomic mass is 19.4. The molecule has 0 bridgehead atoms. The van der Waals surface area contributed by atoms with Crippen molar-refractivity contribution in [3.05, 3.63) is 29.1 Å². The van der Waals surface area contributed by atoms with Gasteiger partial charge in [0.2, 0.25) is 5.91 Å². The Labute approximate surface area is 176 Å². The third kappa shape index (κ3) is 4.40. The van der Waals surface area contributed by atoms with Gasteiger partial charge in [0.25, 0.3) is 5.91 Å². The number of aromatic nitrogens is 1. The van der Waals surface area contributed by atoms with Gasteiger partial charge in [-0.1, -0.05) is 12.8 Å². The number of fused-ring (bicyclic) bond motifs is 1. The molecule has 8 nitrogen and oxygen atoms in total. The fourth-order valence-electron chi connectivity index (χ4n) is 4.14. The molecule has 166 valence electrons. The van der Waals surface area contributed by atoms with Gasteiger partial charge in [-0.2, -0.15) is 18.2 Å². The maximum absolute atomic E-state index is 13.1. The van der Waals surface area contributed by atoms with E-state index in [9.17, 15) is 27.6 Å². The van der Waals surface area contributed by atoms with Crippen molar-refractivity contribution in [2.45, 2.75) is 63.3 Å². The molecule has 2 fully saturated rings. The molecule has 31 heavy (non-hydrogen) atoms. The minimum atomic E-state index is -5.14. The van der Waals surface area contributed by atoms with Crippen LogP contribution in [0.1, 0.15) is 60.1 Å². The van der Waals surface area contributed by atoms with Crippen LogP contribution >= 0.6 is 0 Å². The Balaban J connectivity index is 1.53. The summed E-state index contributed by atoms with van der Waals surface area (Å²) in [6.07, 6.45) is 1.26. The van der Waals surface area contributed by atoms with E-state index in [1.54, 1.807) is 4.90 Å². The van der Waals surface area contributed by atoms with Crippen LogP contribution in [0, 0.1) is 5.92 Å². The Morgan fingerprint density at radius 2 is 1.90 bits per heavy atom. The molecule has 3 aliphatic rings. The van der Waals surface area contributed by atoms with E-state index < -0.39 is 17.9 Å². The van der Waals surface area contributed by atoms with E-state index in [4.69, 9.17) is 5.73 Å². The highest BCUT2D eigenvalue weighted by Crippen LogP contribution is 2.33. The zero-order valence-electron chi connectivity index (χ0n) is 16.6. The number of nitrogens with two attached hydrogens (primary N) is 1. The summed E-state index contributed by atoms with van der Waals surface area (Å²) in [7, 11) is 0. The predicted molar refractivity (Wildman–Crippen MR) is 103 cm³/mol. The minimum Gasteiger partial charge on any atom is -0.383 e. The molecule has 2 aliphatic carbocycles. The number of amidine groups is 1. The lowest BCUT2D eigenvalue weighted by Crippen LogP contribution is -2.53. The average Bonchev–Trinajstić information content (AvgIpc) is 3.52. The summed E-state index contributed by atoms with van der Waals surface area (Å²) < 4.78 is 37.3. The molecule has 0 aromatic carbocycles. The Kier molecular flexibility index (Phi) is 5.44. The molecule has 3 amide bonds. The second-order valence-electron chi connectivity index (χ2n) is 8.19. The number of hydrogen-bond donors (Lipinski definition) is 2. The second kappa shape index (κ2) is 7.93. The number of halogens is 3. The van der Waals surface area contributed by atoms with E-state index in [2.05, 4.69) is 15.3 Å². The maximum Gasteiger partial charge on any atom is 0.473 e. The van der Waals surface area contributed by atoms with Gasteiger partial charge in [0.05, 0.1) is 23.8 Å². The molecule has 1 unspecified atom stereocenters. The van der Waals surface area contributed by atoms with E-state index in [1.165, 1.54) is 12.3 Å². The number of aliphatic imine (C=N–C) groups is 1. The highest BCUT2D eigenvalue weighted by molar-refractivity contribution is 6.07. The molecule has 2 heterocycles. The van der Waals surface area contributed by atoms with Gasteiger partial charge in [0, 0.05) is 23.7 Å². The monoisotopic (exact) mass is 437 g/mol. The van der Waals surface area contributed by atoms with Gasteiger partial charge in [-0.05, 0) is 31.7 Å². The van der Waals surface area contributed by atoms with Gasteiger partial charge in [-0.3, -0.25) is 19.4 Å². The molecule has 11 heteroatoms. The number of hydrogen-bond acceptors (Lipinski definition) is 4. The molecule has 2 atom stereocenters. The third-order valence-corrected chi connectivity index (χ3v) is 5.95. The Bertz CT molecular complexity index is 958. The predicted octanol–water partition coefficient (Wildman–Crippen LogP) is 1.67. The van der Waals surface area contributed by atoms with E-state index in [0.717, 1.165) is 38.5 Å². The Morgan fingerprint density at radius 1 is 1.19 bits per heavy atom. The minimum absolute atomic E-state index is 0.0276. The molecule has 0 saturated heterocycles. The molecule has 1 aromatic rings. The van der Waals surface area contributed by atoms with Gasteiger partial charge in [-0.25, -0.2) is 0 Å². The van der Waals surface area contributed by atoms with Crippen molar-refractivity contribution in [1.82, 2.24) is 15.2 Å². The summed E-state index contributed by atoms with van der Waals surface area (Å²) in [5.41, 5.74) is 6.19. The molecule has 1 aliphatic heterocycles. The number of nitrogens with zero attached hydrogens (tertiary/aromatic N) is 3. The van der Waals surface area contributed by atoms with E-state index in [-0.39, 0.29) is 47.5 Å². The molecule has 1 aromatic heterocycles. The maximum atomic E-state index is 13.1. The third-order valence-electron chi connectivity index (χ3n) is 5.95. The summed E-state index contributed by atoms with van der Waals surface area (Å²) in [5, 5.41) is 3.08. The standard InChI is InChI=1S/C20H22F3N5O3/c21-20(22,23)19(31)27-16(24)11-7-12-14(25-8-11)9-28(18(12)30)15-4-2-1-3-13(15)26-17(29)10-5-6-10/h7-8,10,13,15H,1-6,9H2,(H,26,29)(H2,24,27,31)/t13-,15?/m0/s1. The molecule has 0 radical (unpaired) electrons. The van der Waals surface area contributed by atoms with Crippen LogP contribution in [-0.2, 0) is 16.1 Å². The first-order chi connectivity index (χ1) is 14.6. The number of nitrogens with one attached hydrogen (secondary N) is 1. The zero-order valence-corrected chi connectivity index (χ0v) is 16.6. The summed E-state index contributed by atoms with van der Waals surface area (Å²) in [4.78, 5) is 45.1. The van der Waals surface area contributed by atoms with E-state index in [0.29, 0.717) is 5.69 Å². The van der Waals surface area contributed by atoms with Crippen LogP contribution in [0.2, 0.25) is 0 Å². The largest absolute Gasteiger partial charge is 0.473 e. The first kappa shape index (κ1) is 21.3. The van der Waals surface area contributed by atoms with Crippen LogP contribution in [0.25, 0.3) is 0 Å². The van der Waals surface area contributed by atoms with Crippen molar-refractivity contribution in [3.8, 4) is 0 Å². The van der Waals surface area contributed by atoms with Crippen molar-refractivity contribution in [3.63, 3.8) is 0 Å². The van der Waals surface area contributed by atoms with Crippen LogP contribution in [0.15, 0.2) is 17.3 Å². The summed E-state index contributed by atoms with van der Waals surface area (Å²) >= 11 is 0. The van der Waals surface area contributed by atoms with E-state index in [1.807, 2.05) is 0 Å². The molecule has 0 spiro atoms. The summed E-state index contributed by atoms with van der Waals surface area (Å²) in [6, 6.07) is 0.989. The van der Waals surface area contributed by atoms with Gasteiger partial charge in [0.15, 0.2) is 0 Å². The normalized spacial score (nSPS) is 24.2. The van der Waals surface area contributed by atoms with Gasteiger partial charge in [0.1, 0.15) is 5.84 Å². The van der Waals surface area contributed by atoms with Gasteiger partial charge < -0.3 is 16.0 Å². The van der Waals surface area contributed by atoms with Crippen molar-refractivity contribution >= 4 is 23.6 Å². The first-order valence-electron chi connectivity index (χ1n) is 10.2. The van der Waals surface area contributed by atoms with Crippen LogP contribution < -0.4 is 11.1 Å². The highest BCUT2D eigenvalue weighted by Gasteiger charge is 2.41. The Morgan fingerprint density at radius 3 is 2.58 bits per heavy atom. The van der Waals surface area contributed by atoms with Crippen molar-refractivity contribution in [2.75, 3.05) is 0 Å². The van der Waals surface area contributed by atoms with Gasteiger partial charge >= 0.3 is 12.1 Å². The topological polar surface area (TPSA) is 118 Å². The summed E-state index contributed by atoms with van der Waals surface area (Å²) in [6.45, 7) is 0.243. The van der Waals surface area contributed by atoms with Crippen molar-refractivity contribution in [2.24, 2.45) is 16.6 Å². The number of carbonyl (C=O) groups excluding carboxylic acids is 3. The molecule has 2 saturated carbocycles. The van der Waals surface area contributed by atoms with Crippen molar-refractivity contribution < 1.29 is 27.6 Å². The summed E-state index contributed by atoms with van der Waals surface area (Å²) in [5.74, 6) is -3.21. The molecular weight excluding hydrogens is 415 g/mol. The molecule has 4 rings (SSSR count). The number of carbonyl (C=O) groups is 3. The lowest BCUT2D eigenvalue weighted by atomic mass is 9.89. The molecular formula is C20H22F3N5O3. The lowest BCUT2D eigenvalue weighted by molar-refractivity contribution is -0.169. The first-order valence-corrected chi connectivity index (χ1v) is 10.2.